The molecule has 1 aliphatic rings. The molecule has 4 nitrogen and oxygen atoms in total. The first-order valence-corrected chi connectivity index (χ1v) is 5.92. The Morgan fingerprint density at radius 3 is 2.81 bits per heavy atom. The van der Waals surface area contributed by atoms with E-state index in [2.05, 4.69) is 23.4 Å². The summed E-state index contributed by atoms with van der Waals surface area (Å²) in [6.07, 6.45) is 4.26. The number of ether oxygens (including phenoxy) is 1. The van der Waals surface area contributed by atoms with Crippen LogP contribution in [0.4, 0.5) is 5.82 Å². The molecule has 0 saturated carbocycles. The van der Waals surface area contributed by atoms with Crippen LogP contribution in [0.1, 0.15) is 38.2 Å². The fraction of sp³-hybridized carbons (Fsp3) is 0.750. The number of rotatable bonds is 3. The van der Waals surface area contributed by atoms with E-state index in [1.54, 1.807) is 7.11 Å². The Hall–Kier alpha value is -1.03. The first-order chi connectivity index (χ1) is 7.53. The largest absolute Gasteiger partial charge is 0.384 e. The Labute approximate surface area is 96.8 Å². The molecule has 2 rings (SSSR count). The average molecular weight is 223 g/mol. The van der Waals surface area contributed by atoms with Crippen LogP contribution in [0.3, 0.4) is 0 Å². The van der Waals surface area contributed by atoms with Gasteiger partial charge in [-0.1, -0.05) is 0 Å². The molecule has 0 unspecified atom stereocenters. The molecule has 0 saturated heterocycles. The molecule has 0 fully saturated rings. The Balaban J connectivity index is 2.25. The van der Waals surface area contributed by atoms with E-state index >= 15 is 0 Å². The molecular formula is C12H21N3O. The van der Waals surface area contributed by atoms with Gasteiger partial charge in [-0.05, 0) is 26.7 Å². The third-order valence-corrected chi connectivity index (χ3v) is 3.34. The molecule has 0 amide bonds. The number of anilines is 1. The van der Waals surface area contributed by atoms with E-state index in [0.717, 1.165) is 36.7 Å². The maximum atomic E-state index is 6.13. The molecule has 0 atom stereocenters. The topological polar surface area (TPSA) is 53.1 Å². The van der Waals surface area contributed by atoms with Gasteiger partial charge in [0, 0.05) is 26.5 Å². The van der Waals surface area contributed by atoms with Gasteiger partial charge in [-0.2, -0.15) is 0 Å². The number of hydrogen-bond acceptors (Lipinski definition) is 3. The molecular weight excluding hydrogens is 202 g/mol. The van der Waals surface area contributed by atoms with Gasteiger partial charge < -0.3 is 15.0 Å². The van der Waals surface area contributed by atoms with Crippen molar-refractivity contribution in [3.8, 4) is 0 Å². The smallest absolute Gasteiger partial charge is 0.126 e. The zero-order valence-corrected chi connectivity index (χ0v) is 10.4. The summed E-state index contributed by atoms with van der Waals surface area (Å²) in [6.45, 7) is 5.14. The lowest BCUT2D eigenvalue weighted by Crippen LogP contribution is -2.26. The third kappa shape index (κ3) is 2.07. The maximum Gasteiger partial charge on any atom is 0.126 e. The highest BCUT2D eigenvalue weighted by Gasteiger charge is 2.24. The molecule has 2 N–H and O–H groups in total. The van der Waals surface area contributed by atoms with Crippen molar-refractivity contribution in [2.24, 2.45) is 0 Å². The molecule has 0 spiro atoms. The number of hydrogen-bond donors (Lipinski definition) is 1. The Bertz CT molecular complexity index is 382. The van der Waals surface area contributed by atoms with Gasteiger partial charge in [0.05, 0.1) is 11.3 Å². The van der Waals surface area contributed by atoms with Crippen molar-refractivity contribution in [2.75, 3.05) is 12.8 Å². The van der Waals surface area contributed by atoms with Crippen LogP contribution in [-0.4, -0.2) is 22.3 Å². The van der Waals surface area contributed by atoms with Crippen LogP contribution in [-0.2, 0) is 24.1 Å². The van der Waals surface area contributed by atoms with Gasteiger partial charge in [-0.15, -0.1) is 0 Å². The molecule has 0 aromatic carbocycles. The van der Waals surface area contributed by atoms with Gasteiger partial charge in [-0.3, -0.25) is 0 Å². The van der Waals surface area contributed by atoms with Crippen LogP contribution in [0.5, 0.6) is 0 Å². The van der Waals surface area contributed by atoms with Crippen molar-refractivity contribution >= 4 is 5.82 Å². The summed E-state index contributed by atoms with van der Waals surface area (Å²) in [6, 6.07) is 0. The Kier molecular flexibility index (Phi) is 2.93. The average Bonchev–Trinajstić information content (AvgIpc) is 2.56. The number of aromatic nitrogens is 2. The molecule has 4 heteroatoms. The van der Waals surface area contributed by atoms with Crippen LogP contribution in [0.2, 0.25) is 0 Å². The number of aryl methyl sites for hydroxylation is 1. The second-order valence-corrected chi connectivity index (χ2v) is 5.11. The Morgan fingerprint density at radius 2 is 2.19 bits per heavy atom. The lowest BCUT2D eigenvalue weighted by molar-refractivity contribution is 0.0226. The van der Waals surface area contributed by atoms with E-state index < -0.39 is 0 Å². The SMILES string of the molecule is COC(C)(C)Cc1nc2n(c1N)CCCC2. The summed E-state index contributed by atoms with van der Waals surface area (Å²) < 4.78 is 7.58. The van der Waals surface area contributed by atoms with E-state index in [9.17, 15) is 0 Å². The van der Waals surface area contributed by atoms with Gasteiger partial charge in [0.1, 0.15) is 11.6 Å². The fourth-order valence-electron chi connectivity index (χ4n) is 2.17. The normalized spacial score (nSPS) is 16.2. The third-order valence-electron chi connectivity index (χ3n) is 3.34. The Morgan fingerprint density at radius 1 is 1.44 bits per heavy atom. The fourth-order valence-corrected chi connectivity index (χ4v) is 2.17. The number of methoxy groups -OCH3 is 1. The van der Waals surface area contributed by atoms with Gasteiger partial charge in [0.2, 0.25) is 0 Å². The van der Waals surface area contributed by atoms with Crippen LogP contribution >= 0.6 is 0 Å². The minimum absolute atomic E-state index is 0.196. The first-order valence-electron chi connectivity index (χ1n) is 5.92. The summed E-state index contributed by atoms with van der Waals surface area (Å²) in [5, 5.41) is 0. The van der Waals surface area contributed by atoms with Crippen LogP contribution in [0, 0.1) is 0 Å². The summed E-state index contributed by atoms with van der Waals surface area (Å²) in [4.78, 5) is 4.64. The van der Waals surface area contributed by atoms with Crippen molar-refractivity contribution in [1.29, 1.82) is 0 Å². The number of nitrogens with two attached hydrogens (primary N) is 1. The van der Waals surface area contributed by atoms with E-state index in [4.69, 9.17) is 10.5 Å². The zero-order valence-electron chi connectivity index (χ0n) is 10.4. The highest BCUT2D eigenvalue weighted by atomic mass is 16.5. The van der Waals surface area contributed by atoms with Crippen LogP contribution < -0.4 is 5.73 Å². The monoisotopic (exact) mass is 223 g/mol. The number of fused-ring (bicyclic) bond motifs is 1. The summed E-state index contributed by atoms with van der Waals surface area (Å²) in [5.74, 6) is 1.98. The first kappa shape index (κ1) is 11.5. The van der Waals surface area contributed by atoms with Crippen molar-refractivity contribution in [3.05, 3.63) is 11.5 Å². The number of imidazole rings is 1. The molecule has 2 heterocycles. The second kappa shape index (κ2) is 4.09. The molecule has 0 aliphatic carbocycles. The number of nitrogen functional groups attached to an aromatic ring is 1. The van der Waals surface area contributed by atoms with E-state index in [0.29, 0.717) is 0 Å². The maximum absolute atomic E-state index is 6.13. The lowest BCUT2D eigenvalue weighted by Gasteiger charge is -2.21. The van der Waals surface area contributed by atoms with Crippen molar-refractivity contribution in [3.63, 3.8) is 0 Å². The van der Waals surface area contributed by atoms with E-state index in [1.165, 1.54) is 12.8 Å². The van der Waals surface area contributed by atoms with Crippen molar-refractivity contribution in [2.45, 2.75) is 51.7 Å². The predicted molar refractivity (Wildman–Crippen MR) is 64.4 cm³/mol. The van der Waals surface area contributed by atoms with Gasteiger partial charge in [-0.25, -0.2) is 4.98 Å². The molecule has 1 aliphatic heterocycles. The molecule has 90 valence electrons. The molecule has 0 bridgehead atoms. The highest BCUT2D eigenvalue weighted by molar-refractivity contribution is 5.39. The molecule has 16 heavy (non-hydrogen) atoms. The minimum atomic E-state index is -0.196. The van der Waals surface area contributed by atoms with Gasteiger partial charge >= 0.3 is 0 Å². The predicted octanol–water partition coefficient (Wildman–Crippen LogP) is 1.77. The van der Waals surface area contributed by atoms with Gasteiger partial charge in [0.25, 0.3) is 0 Å². The zero-order chi connectivity index (χ0) is 11.8. The summed E-state index contributed by atoms with van der Waals surface area (Å²) in [5.41, 5.74) is 6.92. The molecule has 0 radical (unpaired) electrons. The minimum Gasteiger partial charge on any atom is -0.384 e. The highest BCUT2D eigenvalue weighted by Crippen LogP contribution is 2.25. The molecule has 1 aromatic rings. The lowest BCUT2D eigenvalue weighted by atomic mass is 10.0. The van der Waals surface area contributed by atoms with Crippen LogP contribution in [0.15, 0.2) is 0 Å². The standard InChI is InChI=1S/C12H21N3O/c1-12(2,16-3)8-9-11(13)15-7-5-4-6-10(15)14-9/h4-8,13H2,1-3H3. The number of nitrogens with zero attached hydrogens (tertiary/aromatic N) is 2. The van der Waals surface area contributed by atoms with Gasteiger partial charge in [0.15, 0.2) is 0 Å². The molecule has 1 aromatic heterocycles. The van der Waals surface area contributed by atoms with Crippen molar-refractivity contribution in [1.82, 2.24) is 9.55 Å². The van der Waals surface area contributed by atoms with E-state index in [-0.39, 0.29) is 5.60 Å². The van der Waals surface area contributed by atoms with Crippen LogP contribution in [0.25, 0.3) is 0 Å². The summed E-state index contributed by atoms with van der Waals surface area (Å²) in [7, 11) is 1.73. The van der Waals surface area contributed by atoms with Crippen molar-refractivity contribution < 1.29 is 4.74 Å². The summed E-state index contributed by atoms with van der Waals surface area (Å²) >= 11 is 0. The quantitative estimate of drug-likeness (QED) is 0.849. The second-order valence-electron chi connectivity index (χ2n) is 5.11. The van der Waals surface area contributed by atoms with E-state index in [1.807, 2.05) is 0 Å².